The molecule has 7 heteroatoms. The van der Waals surface area contributed by atoms with E-state index in [-0.39, 0.29) is 22.1 Å². The van der Waals surface area contributed by atoms with Crippen LogP contribution in [0.15, 0.2) is 83.8 Å². The fraction of sp³-hybridized carbons (Fsp3) is 0.208. The molecule has 3 aromatic carbocycles. The summed E-state index contributed by atoms with van der Waals surface area (Å²) in [6.45, 7) is 2.54. The molecule has 1 heterocycles. The van der Waals surface area contributed by atoms with E-state index in [1.165, 1.54) is 30.7 Å². The summed E-state index contributed by atoms with van der Waals surface area (Å²) in [6, 6.07) is 22.8. The number of hydrogen-bond donors (Lipinski definition) is 2. The average molecular weight is 436 g/mol. The van der Waals surface area contributed by atoms with E-state index in [0.29, 0.717) is 6.54 Å². The Hall–Kier alpha value is -3.32. The van der Waals surface area contributed by atoms with E-state index in [2.05, 4.69) is 27.1 Å². The maximum absolute atomic E-state index is 12.8. The molecule has 3 aromatic rings. The number of rotatable bonds is 7. The molecule has 1 aliphatic rings. The topological polar surface area (TPSA) is 78.5 Å². The standard InChI is InChI=1S/C24H25N3O3S/c28-24(25-18-19-12-14-20(15-13-19)27-16-6-7-17-27)22-10-4-5-11-23(22)26-31(29,30)21-8-2-1-3-9-21/h1-5,8-15,26H,6-7,16-18H2,(H,25,28). The quantitative estimate of drug-likeness (QED) is 0.588. The Morgan fingerprint density at radius 1 is 0.839 bits per heavy atom. The van der Waals surface area contributed by atoms with Crippen LogP contribution >= 0.6 is 0 Å². The second-order valence-corrected chi connectivity index (χ2v) is 9.19. The molecule has 0 radical (unpaired) electrons. The van der Waals surface area contributed by atoms with Gasteiger partial charge < -0.3 is 10.2 Å². The summed E-state index contributed by atoms with van der Waals surface area (Å²) in [6.07, 6.45) is 2.45. The zero-order valence-corrected chi connectivity index (χ0v) is 17.9. The van der Waals surface area contributed by atoms with Crippen LogP contribution in [0.5, 0.6) is 0 Å². The van der Waals surface area contributed by atoms with Gasteiger partial charge in [-0.1, -0.05) is 42.5 Å². The van der Waals surface area contributed by atoms with Crippen LogP contribution in [0, 0.1) is 0 Å². The maximum Gasteiger partial charge on any atom is 0.261 e. The van der Waals surface area contributed by atoms with Gasteiger partial charge in [0, 0.05) is 25.3 Å². The third-order valence-electron chi connectivity index (χ3n) is 5.33. The summed E-state index contributed by atoms with van der Waals surface area (Å²) in [5.41, 5.74) is 2.70. The van der Waals surface area contributed by atoms with E-state index < -0.39 is 10.0 Å². The molecule has 0 bridgehead atoms. The number of nitrogens with zero attached hydrogens (tertiary/aromatic N) is 1. The summed E-state index contributed by atoms with van der Waals surface area (Å²) >= 11 is 0. The monoisotopic (exact) mass is 435 g/mol. The molecule has 2 N–H and O–H groups in total. The molecule has 1 fully saturated rings. The molecular formula is C24H25N3O3S. The SMILES string of the molecule is O=C(NCc1ccc(N2CCCC2)cc1)c1ccccc1NS(=O)(=O)c1ccccc1. The third kappa shape index (κ3) is 5.06. The van der Waals surface area contributed by atoms with E-state index in [1.54, 1.807) is 42.5 Å². The van der Waals surface area contributed by atoms with Crippen molar-refractivity contribution in [2.75, 3.05) is 22.7 Å². The molecule has 31 heavy (non-hydrogen) atoms. The zero-order valence-electron chi connectivity index (χ0n) is 17.1. The van der Waals surface area contributed by atoms with Crippen molar-refractivity contribution in [3.63, 3.8) is 0 Å². The molecule has 6 nitrogen and oxygen atoms in total. The number of amides is 1. The van der Waals surface area contributed by atoms with Crippen LogP contribution in [0.3, 0.4) is 0 Å². The van der Waals surface area contributed by atoms with Crippen molar-refractivity contribution < 1.29 is 13.2 Å². The molecule has 0 spiro atoms. The van der Waals surface area contributed by atoms with Crippen LogP contribution in [0.2, 0.25) is 0 Å². The van der Waals surface area contributed by atoms with Gasteiger partial charge in [0.2, 0.25) is 0 Å². The molecule has 4 rings (SSSR count). The van der Waals surface area contributed by atoms with Gasteiger partial charge in [-0.25, -0.2) is 8.42 Å². The van der Waals surface area contributed by atoms with Crippen molar-refractivity contribution in [1.82, 2.24) is 5.32 Å². The van der Waals surface area contributed by atoms with Crippen molar-refractivity contribution >= 4 is 27.3 Å². The Morgan fingerprint density at radius 2 is 1.48 bits per heavy atom. The Balaban J connectivity index is 1.43. The number of carbonyl (C=O) groups is 1. The van der Waals surface area contributed by atoms with Crippen LogP contribution in [0.25, 0.3) is 0 Å². The zero-order chi connectivity index (χ0) is 21.7. The minimum atomic E-state index is -3.78. The van der Waals surface area contributed by atoms with Gasteiger partial charge in [-0.3, -0.25) is 9.52 Å². The van der Waals surface area contributed by atoms with Crippen molar-refractivity contribution in [3.05, 3.63) is 90.0 Å². The predicted octanol–water partition coefficient (Wildman–Crippen LogP) is 4.02. The van der Waals surface area contributed by atoms with E-state index in [1.807, 2.05) is 12.1 Å². The highest BCUT2D eigenvalue weighted by molar-refractivity contribution is 7.92. The summed E-state index contributed by atoms with van der Waals surface area (Å²) in [5, 5.41) is 2.88. The molecular weight excluding hydrogens is 410 g/mol. The van der Waals surface area contributed by atoms with E-state index in [0.717, 1.165) is 18.7 Å². The van der Waals surface area contributed by atoms with Gasteiger partial charge in [-0.2, -0.15) is 0 Å². The van der Waals surface area contributed by atoms with Crippen molar-refractivity contribution in [2.45, 2.75) is 24.3 Å². The van der Waals surface area contributed by atoms with Crippen LogP contribution in [-0.4, -0.2) is 27.4 Å². The van der Waals surface area contributed by atoms with Gasteiger partial charge in [0.25, 0.3) is 15.9 Å². The average Bonchev–Trinajstić information content (AvgIpc) is 3.34. The lowest BCUT2D eigenvalue weighted by Gasteiger charge is -2.18. The van der Waals surface area contributed by atoms with Crippen molar-refractivity contribution in [2.24, 2.45) is 0 Å². The van der Waals surface area contributed by atoms with Gasteiger partial charge >= 0.3 is 0 Å². The molecule has 0 aromatic heterocycles. The second kappa shape index (κ2) is 9.22. The molecule has 0 saturated carbocycles. The Labute approximate surface area is 183 Å². The number of para-hydroxylation sites is 1. The third-order valence-corrected chi connectivity index (χ3v) is 6.71. The van der Waals surface area contributed by atoms with Crippen LogP contribution < -0.4 is 14.9 Å². The maximum atomic E-state index is 12.8. The van der Waals surface area contributed by atoms with Crippen molar-refractivity contribution in [1.29, 1.82) is 0 Å². The summed E-state index contributed by atoms with van der Waals surface area (Å²) in [5.74, 6) is -0.338. The summed E-state index contributed by atoms with van der Waals surface area (Å²) in [4.78, 5) is 15.3. The molecule has 1 saturated heterocycles. The fourth-order valence-corrected chi connectivity index (χ4v) is 4.75. The molecule has 0 aliphatic carbocycles. The number of hydrogen-bond acceptors (Lipinski definition) is 4. The minimum absolute atomic E-state index is 0.142. The fourth-order valence-electron chi connectivity index (χ4n) is 3.65. The predicted molar refractivity (Wildman–Crippen MR) is 123 cm³/mol. The lowest BCUT2D eigenvalue weighted by Crippen LogP contribution is -2.25. The number of nitrogens with one attached hydrogen (secondary N) is 2. The van der Waals surface area contributed by atoms with Gasteiger partial charge in [0.15, 0.2) is 0 Å². The normalized spacial score (nSPS) is 13.7. The number of benzene rings is 3. The van der Waals surface area contributed by atoms with E-state index in [9.17, 15) is 13.2 Å². The highest BCUT2D eigenvalue weighted by Gasteiger charge is 2.18. The van der Waals surface area contributed by atoms with Gasteiger partial charge in [-0.15, -0.1) is 0 Å². The first-order chi connectivity index (χ1) is 15.0. The Kier molecular flexibility index (Phi) is 6.23. The Bertz CT molecular complexity index is 1140. The minimum Gasteiger partial charge on any atom is -0.372 e. The van der Waals surface area contributed by atoms with Gasteiger partial charge in [0.05, 0.1) is 16.1 Å². The molecule has 1 amide bonds. The lowest BCUT2D eigenvalue weighted by molar-refractivity contribution is 0.0952. The number of anilines is 2. The molecule has 0 unspecified atom stereocenters. The van der Waals surface area contributed by atoms with E-state index in [4.69, 9.17) is 0 Å². The lowest BCUT2D eigenvalue weighted by atomic mass is 10.1. The number of carbonyl (C=O) groups excluding carboxylic acids is 1. The first-order valence-electron chi connectivity index (χ1n) is 10.3. The smallest absolute Gasteiger partial charge is 0.261 e. The summed E-state index contributed by atoms with van der Waals surface area (Å²) in [7, 11) is -3.78. The molecule has 160 valence electrons. The first-order valence-corrected chi connectivity index (χ1v) is 11.8. The first kappa shape index (κ1) is 20.9. The van der Waals surface area contributed by atoms with Crippen molar-refractivity contribution in [3.8, 4) is 0 Å². The highest BCUT2D eigenvalue weighted by Crippen LogP contribution is 2.22. The van der Waals surface area contributed by atoms with Gasteiger partial charge in [0.1, 0.15) is 0 Å². The van der Waals surface area contributed by atoms with E-state index >= 15 is 0 Å². The number of sulfonamides is 1. The molecule has 0 atom stereocenters. The Morgan fingerprint density at radius 3 is 2.19 bits per heavy atom. The van der Waals surface area contributed by atoms with Crippen LogP contribution in [-0.2, 0) is 16.6 Å². The van der Waals surface area contributed by atoms with Gasteiger partial charge in [-0.05, 0) is 54.8 Å². The summed E-state index contributed by atoms with van der Waals surface area (Å²) < 4.78 is 27.8. The van der Waals surface area contributed by atoms with Crippen LogP contribution in [0.4, 0.5) is 11.4 Å². The highest BCUT2D eigenvalue weighted by atomic mass is 32.2. The molecule has 1 aliphatic heterocycles. The second-order valence-electron chi connectivity index (χ2n) is 7.51. The van der Waals surface area contributed by atoms with Crippen LogP contribution in [0.1, 0.15) is 28.8 Å². The largest absolute Gasteiger partial charge is 0.372 e.